The molecule has 8 heteroatoms. The summed E-state index contributed by atoms with van der Waals surface area (Å²) in [4.78, 5) is 41.7. The Morgan fingerprint density at radius 2 is 2.03 bits per heavy atom. The molecular formula is C22H23N3O4S. The zero-order chi connectivity index (χ0) is 21.7. The lowest BCUT2D eigenvalue weighted by molar-refractivity contribution is -0.155. The summed E-state index contributed by atoms with van der Waals surface area (Å²) in [6.07, 6.45) is 0.229. The lowest BCUT2D eigenvalue weighted by atomic mass is 9.99. The van der Waals surface area contributed by atoms with Crippen LogP contribution in [0.3, 0.4) is 0 Å². The number of hydrogen-bond donors (Lipinski definition) is 0. The molecule has 2 heterocycles. The van der Waals surface area contributed by atoms with Crippen LogP contribution in [0.25, 0.3) is 0 Å². The van der Waals surface area contributed by atoms with Crippen LogP contribution < -0.4 is 4.90 Å². The molecule has 7 nitrogen and oxygen atoms in total. The zero-order valence-corrected chi connectivity index (χ0v) is 17.7. The molecular weight excluding hydrogens is 402 g/mol. The smallest absolute Gasteiger partial charge is 0.312 e. The van der Waals surface area contributed by atoms with Gasteiger partial charge < -0.3 is 14.5 Å². The second-order valence-electron chi connectivity index (χ2n) is 7.20. The van der Waals surface area contributed by atoms with Gasteiger partial charge in [-0.2, -0.15) is 5.26 Å². The van der Waals surface area contributed by atoms with Crippen LogP contribution in [-0.4, -0.2) is 42.9 Å². The summed E-state index contributed by atoms with van der Waals surface area (Å²) in [5.41, 5.74) is 1.81. The van der Waals surface area contributed by atoms with Crippen molar-refractivity contribution >= 4 is 34.8 Å². The number of nitrogens with zero attached hydrogens (tertiary/aromatic N) is 3. The van der Waals surface area contributed by atoms with E-state index in [9.17, 15) is 14.4 Å². The van der Waals surface area contributed by atoms with Gasteiger partial charge >= 0.3 is 5.97 Å². The molecule has 30 heavy (non-hydrogen) atoms. The van der Waals surface area contributed by atoms with Gasteiger partial charge in [-0.3, -0.25) is 14.4 Å². The molecule has 2 aromatic rings. The number of likely N-dealkylation sites (N-methyl/N-ethyl adjacent to an activating group) is 1. The molecule has 1 aromatic carbocycles. The fraction of sp³-hybridized carbons (Fsp3) is 0.364. The Hall–Kier alpha value is -3.18. The average molecular weight is 426 g/mol. The average Bonchev–Trinajstić information content (AvgIpc) is 3.38. The Morgan fingerprint density at radius 1 is 1.30 bits per heavy atom. The normalized spacial score (nSPS) is 18.2. The summed E-state index contributed by atoms with van der Waals surface area (Å²) in [7, 11) is 1.56. The summed E-state index contributed by atoms with van der Waals surface area (Å²) in [5.74, 6) is -1.81. The van der Waals surface area contributed by atoms with Crippen LogP contribution in [0.1, 0.15) is 29.3 Å². The summed E-state index contributed by atoms with van der Waals surface area (Å²) >= 11 is 1.48. The molecule has 1 aromatic heterocycles. The number of benzene rings is 1. The largest absolute Gasteiger partial charge is 0.455 e. The van der Waals surface area contributed by atoms with Gasteiger partial charge in [0.05, 0.1) is 24.4 Å². The Morgan fingerprint density at radius 3 is 2.67 bits per heavy atom. The highest BCUT2D eigenvalue weighted by Gasteiger charge is 2.46. The predicted octanol–water partition coefficient (Wildman–Crippen LogP) is 3.07. The van der Waals surface area contributed by atoms with E-state index in [1.165, 1.54) is 16.2 Å². The van der Waals surface area contributed by atoms with E-state index in [2.05, 4.69) is 0 Å². The first kappa shape index (κ1) is 21.5. The van der Waals surface area contributed by atoms with Crippen molar-refractivity contribution in [2.75, 3.05) is 25.1 Å². The van der Waals surface area contributed by atoms with Crippen LogP contribution in [0.2, 0.25) is 0 Å². The maximum Gasteiger partial charge on any atom is 0.312 e. The molecule has 1 aliphatic heterocycles. The molecule has 0 saturated carbocycles. The number of ether oxygens (including phenoxy) is 1. The van der Waals surface area contributed by atoms with Crippen molar-refractivity contribution in [2.24, 2.45) is 5.92 Å². The van der Waals surface area contributed by atoms with Gasteiger partial charge in [-0.05, 0) is 30.5 Å². The van der Waals surface area contributed by atoms with Gasteiger partial charge in [-0.1, -0.05) is 23.8 Å². The number of nitriles is 1. The SMILES string of the molecule is Cc1ccc(N2C(=O)C[C@H](C(=O)OCC(=O)N(C)CCC#N)[C@H]2c2cccs2)cc1. The van der Waals surface area contributed by atoms with E-state index in [-0.39, 0.29) is 31.2 Å². The Bertz CT molecular complexity index is 950. The van der Waals surface area contributed by atoms with Gasteiger partial charge in [0.2, 0.25) is 5.91 Å². The summed E-state index contributed by atoms with van der Waals surface area (Å²) in [6, 6.07) is 12.9. The van der Waals surface area contributed by atoms with E-state index >= 15 is 0 Å². The van der Waals surface area contributed by atoms with Gasteiger partial charge in [-0.15, -0.1) is 11.3 Å². The molecule has 3 rings (SSSR count). The number of thiophene rings is 1. The molecule has 0 radical (unpaired) electrons. The molecule has 0 spiro atoms. The summed E-state index contributed by atoms with van der Waals surface area (Å²) in [6.45, 7) is 1.83. The zero-order valence-electron chi connectivity index (χ0n) is 16.9. The maximum absolute atomic E-state index is 12.9. The molecule has 2 amide bonds. The van der Waals surface area contributed by atoms with Crippen LogP contribution >= 0.6 is 11.3 Å². The Kier molecular flexibility index (Phi) is 6.85. The first-order valence-corrected chi connectivity index (χ1v) is 10.5. The van der Waals surface area contributed by atoms with Crippen LogP contribution in [0.5, 0.6) is 0 Å². The Balaban J connectivity index is 1.77. The highest BCUT2D eigenvalue weighted by atomic mass is 32.1. The number of rotatable bonds is 7. The van der Waals surface area contributed by atoms with Crippen LogP contribution in [0.4, 0.5) is 5.69 Å². The van der Waals surface area contributed by atoms with Crippen LogP contribution in [-0.2, 0) is 19.1 Å². The quantitative estimate of drug-likeness (QED) is 0.636. The highest BCUT2D eigenvalue weighted by Crippen LogP contribution is 2.43. The lowest BCUT2D eigenvalue weighted by Gasteiger charge is -2.27. The third-order valence-electron chi connectivity index (χ3n) is 5.09. The minimum absolute atomic E-state index is 0.0216. The number of hydrogen-bond acceptors (Lipinski definition) is 6. The highest BCUT2D eigenvalue weighted by molar-refractivity contribution is 7.10. The molecule has 0 bridgehead atoms. The number of carbonyl (C=O) groups is 3. The van der Waals surface area contributed by atoms with Gasteiger partial charge in [0, 0.05) is 30.6 Å². The third-order valence-corrected chi connectivity index (χ3v) is 6.04. The summed E-state index contributed by atoms with van der Waals surface area (Å²) < 4.78 is 5.28. The predicted molar refractivity (Wildman–Crippen MR) is 113 cm³/mol. The van der Waals surface area contributed by atoms with Crippen LogP contribution in [0.15, 0.2) is 41.8 Å². The number of carbonyl (C=O) groups excluding carboxylic acids is 3. The number of aryl methyl sites for hydroxylation is 1. The van der Waals surface area contributed by atoms with E-state index in [1.807, 2.05) is 54.8 Å². The molecule has 2 atom stereocenters. The van der Waals surface area contributed by atoms with E-state index in [0.717, 1.165) is 16.1 Å². The first-order chi connectivity index (χ1) is 14.4. The standard InChI is InChI=1S/C22H23N3O4S/c1-15-6-8-16(9-7-15)25-19(26)13-17(21(25)18-5-3-12-30-18)22(28)29-14-20(27)24(2)11-4-10-23/h3,5-9,12,17,21H,4,11,13-14H2,1-2H3/t17-,21-/m0/s1. The molecule has 1 saturated heterocycles. The van der Waals surface area contributed by atoms with E-state index in [0.29, 0.717) is 0 Å². The van der Waals surface area contributed by atoms with Gasteiger partial charge in [0.1, 0.15) is 0 Å². The van der Waals surface area contributed by atoms with Gasteiger partial charge in [0.25, 0.3) is 5.91 Å². The molecule has 0 unspecified atom stereocenters. The first-order valence-electron chi connectivity index (χ1n) is 9.62. The van der Waals surface area contributed by atoms with Crippen molar-refractivity contribution in [1.29, 1.82) is 5.26 Å². The molecule has 0 aliphatic carbocycles. The van der Waals surface area contributed by atoms with Gasteiger partial charge in [-0.25, -0.2) is 0 Å². The van der Waals surface area contributed by atoms with Crippen LogP contribution in [0, 0.1) is 24.2 Å². The number of esters is 1. The van der Waals surface area contributed by atoms with Crippen molar-refractivity contribution in [3.8, 4) is 6.07 Å². The van der Waals surface area contributed by atoms with E-state index in [1.54, 1.807) is 11.9 Å². The lowest BCUT2D eigenvalue weighted by Crippen LogP contribution is -2.34. The molecule has 1 fully saturated rings. The fourth-order valence-electron chi connectivity index (χ4n) is 3.43. The topological polar surface area (TPSA) is 90.7 Å². The molecule has 156 valence electrons. The minimum atomic E-state index is -0.699. The third kappa shape index (κ3) is 4.69. The van der Waals surface area contributed by atoms with Crippen molar-refractivity contribution in [1.82, 2.24) is 4.90 Å². The summed E-state index contributed by atoms with van der Waals surface area (Å²) in [5, 5.41) is 10.5. The second kappa shape index (κ2) is 9.55. The molecule has 1 aliphatic rings. The van der Waals surface area contributed by atoms with Crippen molar-refractivity contribution in [3.63, 3.8) is 0 Å². The number of amides is 2. The Labute approximate surface area is 179 Å². The number of anilines is 1. The monoisotopic (exact) mass is 425 g/mol. The van der Waals surface area contributed by atoms with Gasteiger partial charge in [0.15, 0.2) is 6.61 Å². The van der Waals surface area contributed by atoms with Crippen molar-refractivity contribution < 1.29 is 19.1 Å². The maximum atomic E-state index is 12.9. The van der Waals surface area contributed by atoms with Crippen molar-refractivity contribution in [3.05, 3.63) is 52.2 Å². The molecule has 0 N–H and O–H groups in total. The minimum Gasteiger partial charge on any atom is -0.455 e. The van der Waals surface area contributed by atoms with Crippen molar-refractivity contribution in [2.45, 2.75) is 25.8 Å². The van der Waals surface area contributed by atoms with E-state index in [4.69, 9.17) is 10.00 Å². The van der Waals surface area contributed by atoms with E-state index < -0.39 is 24.5 Å². The second-order valence-corrected chi connectivity index (χ2v) is 8.18. The fourth-order valence-corrected chi connectivity index (χ4v) is 4.31.